The van der Waals surface area contributed by atoms with Crippen LogP contribution in [0, 0.1) is 5.92 Å². The van der Waals surface area contributed by atoms with Crippen molar-refractivity contribution in [1.29, 1.82) is 0 Å². The van der Waals surface area contributed by atoms with Gasteiger partial charge in [0.1, 0.15) is 29.3 Å². The molecule has 0 aliphatic carbocycles. The highest BCUT2D eigenvalue weighted by atomic mass is 16.5. The molecule has 41 heavy (non-hydrogen) atoms. The van der Waals surface area contributed by atoms with Gasteiger partial charge in [0, 0.05) is 13.1 Å². The smallest absolute Gasteiger partial charge is 0.255 e. The minimum Gasteiger partial charge on any atom is -0.497 e. The highest BCUT2D eigenvalue weighted by Crippen LogP contribution is 2.19. The SMILES string of the molecule is COc1ccc(OCCCNC(=O)[C@@H]2CC(=O)N[C@@H](CC(C)C)C(=O)NCCCOc3ccccc3C(=O)N2)cc1. The van der Waals surface area contributed by atoms with Gasteiger partial charge in [0.25, 0.3) is 5.91 Å². The van der Waals surface area contributed by atoms with E-state index in [4.69, 9.17) is 14.2 Å². The molecule has 2 aromatic rings. The van der Waals surface area contributed by atoms with E-state index in [1.165, 1.54) is 0 Å². The predicted octanol–water partition coefficient (Wildman–Crippen LogP) is 2.20. The molecule has 2 atom stereocenters. The second kappa shape index (κ2) is 16.1. The van der Waals surface area contributed by atoms with E-state index in [-0.39, 0.29) is 37.0 Å². The van der Waals surface area contributed by atoms with Gasteiger partial charge in [-0.15, -0.1) is 0 Å². The third kappa shape index (κ3) is 10.3. The van der Waals surface area contributed by atoms with E-state index >= 15 is 0 Å². The predicted molar refractivity (Wildman–Crippen MR) is 153 cm³/mol. The Labute approximate surface area is 240 Å². The van der Waals surface area contributed by atoms with Crippen LogP contribution in [0.25, 0.3) is 0 Å². The highest BCUT2D eigenvalue weighted by Gasteiger charge is 2.28. The van der Waals surface area contributed by atoms with Gasteiger partial charge in [-0.2, -0.15) is 0 Å². The molecule has 0 spiro atoms. The maximum absolute atomic E-state index is 13.2. The first kappa shape index (κ1) is 31.3. The molecule has 0 unspecified atom stereocenters. The lowest BCUT2D eigenvalue weighted by Crippen LogP contribution is -2.52. The number of methoxy groups -OCH3 is 1. The van der Waals surface area contributed by atoms with Crippen LogP contribution in [0.4, 0.5) is 0 Å². The molecule has 2 aromatic carbocycles. The molecule has 1 heterocycles. The summed E-state index contributed by atoms with van der Waals surface area (Å²) in [4.78, 5) is 52.2. The molecule has 0 saturated carbocycles. The Hall–Kier alpha value is -4.28. The van der Waals surface area contributed by atoms with Crippen molar-refractivity contribution in [3.8, 4) is 17.2 Å². The summed E-state index contributed by atoms with van der Waals surface area (Å²) in [5.41, 5.74) is 0.246. The first-order valence-corrected chi connectivity index (χ1v) is 13.9. The summed E-state index contributed by atoms with van der Waals surface area (Å²) in [5.74, 6) is -0.000856. The van der Waals surface area contributed by atoms with Gasteiger partial charge >= 0.3 is 0 Å². The van der Waals surface area contributed by atoms with Crippen LogP contribution in [0.3, 0.4) is 0 Å². The lowest BCUT2D eigenvalue weighted by atomic mass is 10.0. The van der Waals surface area contributed by atoms with Crippen molar-refractivity contribution < 1.29 is 33.4 Å². The Kier molecular flexibility index (Phi) is 12.3. The average molecular weight is 569 g/mol. The highest BCUT2D eigenvalue weighted by molar-refractivity contribution is 6.01. The molecule has 222 valence electrons. The minimum atomic E-state index is -1.18. The van der Waals surface area contributed by atoms with E-state index in [1.54, 1.807) is 55.6 Å². The van der Waals surface area contributed by atoms with Gasteiger partial charge in [0.15, 0.2) is 0 Å². The van der Waals surface area contributed by atoms with Crippen molar-refractivity contribution in [1.82, 2.24) is 21.3 Å². The van der Waals surface area contributed by atoms with Crippen LogP contribution < -0.4 is 35.5 Å². The number of fused-ring (bicyclic) bond motifs is 1. The number of para-hydroxylation sites is 1. The summed E-state index contributed by atoms with van der Waals surface area (Å²) in [6.07, 6.45) is 1.09. The zero-order valence-electron chi connectivity index (χ0n) is 23.9. The Bertz CT molecular complexity index is 1170. The Morgan fingerprint density at radius 3 is 2.51 bits per heavy atom. The molecule has 0 aromatic heterocycles. The van der Waals surface area contributed by atoms with E-state index in [0.717, 1.165) is 5.75 Å². The molecule has 0 saturated heterocycles. The van der Waals surface area contributed by atoms with Crippen molar-refractivity contribution in [2.75, 3.05) is 33.4 Å². The molecule has 0 fully saturated rings. The van der Waals surface area contributed by atoms with E-state index in [2.05, 4.69) is 21.3 Å². The summed E-state index contributed by atoms with van der Waals surface area (Å²) in [5, 5.41) is 11.0. The lowest BCUT2D eigenvalue weighted by molar-refractivity contribution is -0.131. The topological polar surface area (TPSA) is 144 Å². The summed E-state index contributed by atoms with van der Waals surface area (Å²) >= 11 is 0. The molecular formula is C30H40N4O7. The first-order chi connectivity index (χ1) is 19.8. The zero-order valence-corrected chi connectivity index (χ0v) is 23.9. The third-order valence-electron chi connectivity index (χ3n) is 6.33. The van der Waals surface area contributed by atoms with Gasteiger partial charge < -0.3 is 35.5 Å². The summed E-state index contributed by atoms with van der Waals surface area (Å²) < 4.78 is 16.6. The van der Waals surface area contributed by atoms with Crippen LogP contribution in [0.15, 0.2) is 48.5 Å². The van der Waals surface area contributed by atoms with Gasteiger partial charge in [0.05, 0.1) is 32.3 Å². The summed E-state index contributed by atoms with van der Waals surface area (Å²) in [7, 11) is 1.59. The lowest BCUT2D eigenvalue weighted by Gasteiger charge is -2.22. The molecule has 0 radical (unpaired) electrons. The zero-order chi connectivity index (χ0) is 29.6. The van der Waals surface area contributed by atoms with Crippen molar-refractivity contribution in [2.45, 2.75) is 51.6 Å². The number of rotatable bonds is 9. The number of ether oxygens (including phenoxy) is 3. The van der Waals surface area contributed by atoms with Crippen molar-refractivity contribution in [3.63, 3.8) is 0 Å². The number of benzene rings is 2. The maximum Gasteiger partial charge on any atom is 0.255 e. The van der Waals surface area contributed by atoms with Gasteiger partial charge in [-0.3, -0.25) is 19.2 Å². The minimum absolute atomic E-state index is 0.143. The molecule has 1 aliphatic heterocycles. The second-order valence-electron chi connectivity index (χ2n) is 10.1. The van der Waals surface area contributed by atoms with Gasteiger partial charge in [-0.05, 0) is 61.6 Å². The fourth-order valence-electron chi connectivity index (χ4n) is 4.22. The van der Waals surface area contributed by atoms with Crippen LogP contribution in [0.1, 0.15) is 49.9 Å². The Morgan fingerprint density at radius 2 is 1.78 bits per heavy atom. The number of carbonyl (C=O) groups is 4. The van der Waals surface area contributed by atoms with Crippen molar-refractivity contribution in [3.05, 3.63) is 54.1 Å². The number of hydrogen-bond acceptors (Lipinski definition) is 7. The van der Waals surface area contributed by atoms with Gasteiger partial charge in [0.2, 0.25) is 17.7 Å². The fraction of sp³-hybridized carbons (Fsp3) is 0.467. The third-order valence-corrected chi connectivity index (χ3v) is 6.33. The van der Waals surface area contributed by atoms with Crippen molar-refractivity contribution >= 4 is 23.6 Å². The largest absolute Gasteiger partial charge is 0.497 e. The molecule has 1 aliphatic rings. The normalized spacial score (nSPS) is 18.4. The number of carbonyl (C=O) groups excluding carboxylic acids is 4. The Morgan fingerprint density at radius 1 is 1.05 bits per heavy atom. The Balaban J connectivity index is 1.68. The summed E-state index contributed by atoms with van der Waals surface area (Å²) in [6.45, 7) is 5.14. The van der Waals surface area contributed by atoms with Crippen LogP contribution >= 0.6 is 0 Å². The van der Waals surface area contributed by atoms with Crippen molar-refractivity contribution in [2.24, 2.45) is 5.92 Å². The van der Waals surface area contributed by atoms with Gasteiger partial charge in [-0.25, -0.2) is 0 Å². The molecule has 11 heteroatoms. The molecule has 11 nitrogen and oxygen atoms in total. The van der Waals surface area contributed by atoms with E-state index < -0.39 is 29.8 Å². The number of amides is 4. The maximum atomic E-state index is 13.2. The van der Waals surface area contributed by atoms with E-state index in [1.807, 2.05) is 13.8 Å². The molecule has 4 amide bonds. The second-order valence-corrected chi connectivity index (χ2v) is 10.1. The van der Waals surface area contributed by atoms with Crippen LogP contribution in [-0.2, 0) is 14.4 Å². The summed E-state index contributed by atoms with van der Waals surface area (Å²) in [6, 6.07) is 11.9. The number of nitrogens with one attached hydrogen (secondary N) is 4. The van der Waals surface area contributed by atoms with Crippen LogP contribution in [0.2, 0.25) is 0 Å². The molecule has 4 N–H and O–H groups in total. The van der Waals surface area contributed by atoms with Crippen LogP contribution in [0.5, 0.6) is 17.2 Å². The fourth-order valence-corrected chi connectivity index (χ4v) is 4.22. The number of hydrogen-bond donors (Lipinski definition) is 4. The van der Waals surface area contributed by atoms with E-state index in [9.17, 15) is 19.2 Å². The van der Waals surface area contributed by atoms with Crippen LogP contribution in [-0.4, -0.2) is 69.1 Å². The standard InChI is InChI=1S/C30H40N4O7/c1-20(2)18-24-29(37)31-15-7-17-41-26-9-5-4-8-23(26)28(36)34-25(19-27(35)33-24)30(38)32-14-6-16-40-22-12-10-21(39-3)11-13-22/h4-5,8-13,20,24-25H,6-7,14-19H2,1-3H3,(H,31,37)(H,32,38)(H,33,35)(H,34,36)/t24-,25-/m0/s1. The van der Waals surface area contributed by atoms with Gasteiger partial charge in [-0.1, -0.05) is 26.0 Å². The molecule has 0 bridgehead atoms. The molecule has 3 rings (SSSR count). The monoisotopic (exact) mass is 568 g/mol. The average Bonchev–Trinajstić information content (AvgIpc) is 2.96. The molecular weight excluding hydrogens is 528 g/mol. The first-order valence-electron chi connectivity index (χ1n) is 13.9. The van der Waals surface area contributed by atoms with E-state index in [0.29, 0.717) is 43.9 Å². The quantitative estimate of drug-likeness (QED) is 0.340.